The molecule has 2 aliphatic rings. The highest BCUT2D eigenvalue weighted by molar-refractivity contribution is 5.97. The molecule has 3 rings (SSSR count). The van der Waals surface area contributed by atoms with Crippen molar-refractivity contribution in [1.82, 2.24) is 25.1 Å². The molecule has 0 radical (unpaired) electrons. The van der Waals surface area contributed by atoms with Crippen molar-refractivity contribution >= 4 is 17.4 Å². The smallest absolute Gasteiger partial charge is 0.272 e. The molecule has 166 valence electrons. The first kappa shape index (κ1) is 22.5. The Morgan fingerprint density at radius 3 is 2.60 bits per heavy atom. The van der Waals surface area contributed by atoms with Gasteiger partial charge in [-0.2, -0.15) is 0 Å². The first-order chi connectivity index (χ1) is 14.2. The fourth-order valence-corrected chi connectivity index (χ4v) is 4.39. The van der Waals surface area contributed by atoms with Crippen molar-refractivity contribution in [2.45, 2.75) is 78.4 Å². The lowest BCUT2D eigenvalue weighted by atomic mass is 9.86. The molecule has 0 saturated heterocycles. The number of hydrogen-bond acceptors (Lipinski definition) is 4. The Kier molecular flexibility index (Phi) is 7.01. The van der Waals surface area contributed by atoms with Crippen molar-refractivity contribution in [2.24, 2.45) is 5.41 Å². The SMILES string of the molecule is CNC(=O)C(NC(=O)c1nc(C2=CCCCCC2)n2c1CN(C)CCC2)C(C)(C)C. The standard InChI is InChI=1S/C23H37N5O2/c1-23(2,3)19(22(30)24-4)26-21(29)18-17-15-27(5)13-10-14-28(17)20(25-18)16-11-8-6-7-9-12-16/h11,19H,6-10,12-15H2,1-5H3,(H,24,30)(H,26,29). The number of rotatable bonds is 4. The Bertz CT molecular complexity index is 818. The van der Waals surface area contributed by atoms with E-state index in [4.69, 9.17) is 4.98 Å². The fraction of sp³-hybridized carbons (Fsp3) is 0.696. The van der Waals surface area contributed by atoms with Crippen LogP contribution in [0.15, 0.2) is 6.08 Å². The van der Waals surface area contributed by atoms with Crippen molar-refractivity contribution in [1.29, 1.82) is 0 Å². The summed E-state index contributed by atoms with van der Waals surface area (Å²) in [7, 11) is 3.68. The number of carbonyl (C=O) groups is 2. The Hall–Kier alpha value is -2.15. The molecule has 1 atom stereocenters. The second-order valence-corrected chi connectivity index (χ2v) is 9.69. The van der Waals surface area contributed by atoms with Crippen LogP contribution in [0.5, 0.6) is 0 Å². The second-order valence-electron chi connectivity index (χ2n) is 9.69. The van der Waals surface area contributed by atoms with Crippen LogP contribution in [-0.4, -0.2) is 52.9 Å². The molecular formula is C23H37N5O2. The monoisotopic (exact) mass is 415 g/mol. The number of allylic oxidation sites excluding steroid dienone is 2. The maximum atomic E-state index is 13.4. The molecule has 0 bridgehead atoms. The van der Waals surface area contributed by atoms with Gasteiger partial charge < -0.3 is 20.1 Å². The van der Waals surface area contributed by atoms with Gasteiger partial charge in [-0.05, 0) is 56.7 Å². The first-order valence-corrected chi connectivity index (χ1v) is 11.2. The summed E-state index contributed by atoms with van der Waals surface area (Å²) in [6.45, 7) is 8.40. The van der Waals surface area contributed by atoms with E-state index >= 15 is 0 Å². The number of fused-ring (bicyclic) bond motifs is 1. The van der Waals surface area contributed by atoms with E-state index in [2.05, 4.69) is 33.2 Å². The minimum Gasteiger partial charge on any atom is -0.357 e. The predicted octanol–water partition coefficient (Wildman–Crippen LogP) is 2.96. The summed E-state index contributed by atoms with van der Waals surface area (Å²) in [5.41, 5.74) is 2.27. The number of likely N-dealkylation sites (N-methyl/N-ethyl adjacent to an activating group) is 1. The van der Waals surface area contributed by atoms with Gasteiger partial charge >= 0.3 is 0 Å². The lowest BCUT2D eigenvalue weighted by Crippen LogP contribution is -2.53. The largest absolute Gasteiger partial charge is 0.357 e. The van der Waals surface area contributed by atoms with Crippen LogP contribution in [0.1, 0.15) is 81.3 Å². The van der Waals surface area contributed by atoms with Crippen molar-refractivity contribution in [3.05, 3.63) is 23.3 Å². The molecule has 1 unspecified atom stereocenters. The summed E-state index contributed by atoms with van der Waals surface area (Å²) in [4.78, 5) is 32.9. The van der Waals surface area contributed by atoms with Gasteiger partial charge in [0, 0.05) is 20.1 Å². The van der Waals surface area contributed by atoms with E-state index in [0.717, 1.165) is 50.3 Å². The molecule has 30 heavy (non-hydrogen) atoms. The van der Waals surface area contributed by atoms with Crippen molar-refractivity contribution in [3.8, 4) is 0 Å². The Morgan fingerprint density at radius 2 is 1.90 bits per heavy atom. The number of carbonyl (C=O) groups excluding carboxylic acids is 2. The molecule has 0 aromatic carbocycles. The van der Waals surface area contributed by atoms with E-state index in [9.17, 15) is 9.59 Å². The van der Waals surface area contributed by atoms with Gasteiger partial charge in [0.2, 0.25) is 5.91 Å². The summed E-state index contributed by atoms with van der Waals surface area (Å²) >= 11 is 0. The normalized spacial score (nSPS) is 19.2. The van der Waals surface area contributed by atoms with Crippen molar-refractivity contribution in [2.75, 3.05) is 20.6 Å². The van der Waals surface area contributed by atoms with E-state index in [0.29, 0.717) is 12.2 Å². The van der Waals surface area contributed by atoms with E-state index in [1.807, 2.05) is 20.8 Å². The predicted molar refractivity (Wildman–Crippen MR) is 119 cm³/mol. The third-order valence-electron chi connectivity index (χ3n) is 6.11. The van der Waals surface area contributed by atoms with Crippen LogP contribution < -0.4 is 10.6 Å². The van der Waals surface area contributed by atoms with E-state index in [1.165, 1.54) is 18.4 Å². The molecule has 7 nitrogen and oxygen atoms in total. The van der Waals surface area contributed by atoms with Gasteiger partial charge in [-0.1, -0.05) is 33.3 Å². The molecule has 2 N–H and O–H groups in total. The number of hydrogen-bond donors (Lipinski definition) is 2. The van der Waals surface area contributed by atoms with Crippen LogP contribution >= 0.6 is 0 Å². The fourth-order valence-electron chi connectivity index (χ4n) is 4.39. The zero-order chi connectivity index (χ0) is 21.9. The van der Waals surface area contributed by atoms with Gasteiger partial charge in [0.05, 0.1) is 5.69 Å². The zero-order valence-corrected chi connectivity index (χ0v) is 19.2. The highest BCUT2D eigenvalue weighted by Gasteiger charge is 2.34. The third kappa shape index (κ3) is 4.94. The highest BCUT2D eigenvalue weighted by Crippen LogP contribution is 2.29. The van der Waals surface area contributed by atoms with Gasteiger partial charge in [-0.25, -0.2) is 4.98 Å². The quantitative estimate of drug-likeness (QED) is 0.792. The molecule has 1 aromatic heterocycles. The Morgan fingerprint density at radius 1 is 1.13 bits per heavy atom. The van der Waals surface area contributed by atoms with Crippen LogP contribution in [0.25, 0.3) is 5.57 Å². The van der Waals surface area contributed by atoms with E-state index in [1.54, 1.807) is 7.05 Å². The topological polar surface area (TPSA) is 79.3 Å². The van der Waals surface area contributed by atoms with Crippen molar-refractivity contribution < 1.29 is 9.59 Å². The van der Waals surface area contributed by atoms with Crippen LogP contribution in [0, 0.1) is 5.41 Å². The molecule has 0 saturated carbocycles. The Labute approximate surface area is 180 Å². The summed E-state index contributed by atoms with van der Waals surface area (Å²) < 4.78 is 2.25. The highest BCUT2D eigenvalue weighted by atomic mass is 16.2. The molecule has 1 aliphatic heterocycles. The number of nitrogens with one attached hydrogen (secondary N) is 2. The van der Waals surface area contributed by atoms with E-state index < -0.39 is 11.5 Å². The van der Waals surface area contributed by atoms with Gasteiger partial charge in [0.25, 0.3) is 5.91 Å². The Balaban J connectivity index is 2.00. The van der Waals surface area contributed by atoms with Gasteiger partial charge in [-0.3, -0.25) is 9.59 Å². The van der Waals surface area contributed by atoms with Gasteiger partial charge in [0.15, 0.2) is 5.69 Å². The summed E-state index contributed by atoms with van der Waals surface area (Å²) in [5, 5.41) is 5.65. The average Bonchev–Trinajstić information content (AvgIpc) is 2.88. The summed E-state index contributed by atoms with van der Waals surface area (Å²) in [6.07, 6.45) is 9.04. The molecule has 0 fully saturated rings. The molecule has 7 heteroatoms. The number of amides is 2. The van der Waals surface area contributed by atoms with Crippen LogP contribution in [0.4, 0.5) is 0 Å². The maximum absolute atomic E-state index is 13.4. The van der Waals surface area contributed by atoms with Crippen LogP contribution in [0.3, 0.4) is 0 Å². The minimum atomic E-state index is -0.628. The van der Waals surface area contributed by atoms with E-state index in [-0.39, 0.29) is 11.8 Å². The average molecular weight is 416 g/mol. The minimum absolute atomic E-state index is 0.190. The number of nitrogens with zero attached hydrogens (tertiary/aromatic N) is 3. The molecule has 0 spiro atoms. The number of aromatic nitrogens is 2. The molecule has 1 aliphatic carbocycles. The molecular weight excluding hydrogens is 378 g/mol. The zero-order valence-electron chi connectivity index (χ0n) is 19.2. The van der Waals surface area contributed by atoms with Crippen molar-refractivity contribution in [3.63, 3.8) is 0 Å². The summed E-state index contributed by atoms with van der Waals surface area (Å²) in [6, 6.07) is -0.628. The maximum Gasteiger partial charge on any atom is 0.272 e. The number of imidazole rings is 1. The molecule has 1 aromatic rings. The van der Waals surface area contributed by atoms with Gasteiger partial charge in [0.1, 0.15) is 11.9 Å². The molecule has 2 amide bonds. The summed E-state index contributed by atoms with van der Waals surface area (Å²) in [5.74, 6) is 0.489. The molecule has 2 heterocycles. The lowest BCUT2D eigenvalue weighted by molar-refractivity contribution is -0.124. The van der Waals surface area contributed by atoms with Gasteiger partial charge in [-0.15, -0.1) is 0 Å². The third-order valence-corrected chi connectivity index (χ3v) is 6.11. The first-order valence-electron chi connectivity index (χ1n) is 11.2. The lowest BCUT2D eigenvalue weighted by Gasteiger charge is -2.29. The van der Waals surface area contributed by atoms with Crippen LogP contribution in [0.2, 0.25) is 0 Å². The second kappa shape index (κ2) is 9.33. The van der Waals surface area contributed by atoms with Crippen LogP contribution in [-0.2, 0) is 17.9 Å².